The Balaban J connectivity index is 1.73. The van der Waals surface area contributed by atoms with Gasteiger partial charge in [0, 0.05) is 24.2 Å². The van der Waals surface area contributed by atoms with E-state index in [1.807, 2.05) is 35.7 Å². The van der Waals surface area contributed by atoms with Crippen molar-refractivity contribution in [1.82, 2.24) is 15.2 Å². The van der Waals surface area contributed by atoms with Crippen LogP contribution in [0.15, 0.2) is 46.4 Å². The van der Waals surface area contributed by atoms with Gasteiger partial charge in [0.1, 0.15) is 11.4 Å². The maximum atomic E-state index is 12.8. The van der Waals surface area contributed by atoms with E-state index in [0.29, 0.717) is 30.0 Å². The van der Waals surface area contributed by atoms with E-state index < -0.39 is 0 Å². The van der Waals surface area contributed by atoms with Crippen LogP contribution in [0.2, 0.25) is 0 Å². The maximum absolute atomic E-state index is 12.8. The van der Waals surface area contributed by atoms with E-state index in [1.165, 1.54) is 4.88 Å². The minimum absolute atomic E-state index is 0.0771. The van der Waals surface area contributed by atoms with Crippen LogP contribution in [0.3, 0.4) is 0 Å². The molecule has 3 rings (SSSR count). The highest BCUT2D eigenvalue weighted by molar-refractivity contribution is 7.09. The summed E-state index contributed by atoms with van der Waals surface area (Å²) in [6, 6.07) is 11.6. The van der Waals surface area contributed by atoms with Crippen LogP contribution < -0.4 is 5.32 Å². The summed E-state index contributed by atoms with van der Waals surface area (Å²) >= 11 is 1.68. The standard InChI is InChI=1S/C17H18N4O2S/c1-12-16(20-23-19-12)11-21(2)17(22)14-7-3-4-8-15(14)18-10-13-6-5-9-24-13/h3-9,18H,10-11H2,1-2H3. The number of rotatable bonds is 6. The molecule has 0 bridgehead atoms. The van der Waals surface area contributed by atoms with Crippen molar-refractivity contribution in [2.75, 3.05) is 12.4 Å². The molecule has 0 spiro atoms. The molecule has 0 fully saturated rings. The Bertz CT molecular complexity index is 814. The lowest BCUT2D eigenvalue weighted by Crippen LogP contribution is -2.27. The molecule has 1 aromatic carbocycles. The van der Waals surface area contributed by atoms with Gasteiger partial charge in [-0.15, -0.1) is 11.3 Å². The van der Waals surface area contributed by atoms with E-state index >= 15 is 0 Å². The summed E-state index contributed by atoms with van der Waals surface area (Å²) in [5, 5.41) is 12.9. The first-order chi connectivity index (χ1) is 11.6. The third-order valence-corrected chi connectivity index (χ3v) is 4.55. The number of thiophene rings is 1. The van der Waals surface area contributed by atoms with Crippen LogP contribution in [-0.2, 0) is 13.1 Å². The van der Waals surface area contributed by atoms with Crippen molar-refractivity contribution in [1.29, 1.82) is 0 Å². The molecule has 0 radical (unpaired) electrons. The molecule has 0 saturated carbocycles. The third kappa shape index (κ3) is 3.62. The number of amides is 1. The molecule has 24 heavy (non-hydrogen) atoms. The fourth-order valence-electron chi connectivity index (χ4n) is 2.31. The molecule has 0 aliphatic carbocycles. The Labute approximate surface area is 144 Å². The molecule has 2 aromatic heterocycles. The number of benzene rings is 1. The molecule has 7 heteroatoms. The SMILES string of the molecule is Cc1nonc1CN(C)C(=O)c1ccccc1NCc1cccs1. The van der Waals surface area contributed by atoms with Crippen molar-refractivity contribution in [3.63, 3.8) is 0 Å². The van der Waals surface area contributed by atoms with Gasteiger partial charge in [-0.25, -0.2) is 4.63 Å². The fraction of sp³-hybridized carbons (Fsp3) is 0.235. The predicted octanol–water partition coefficient (Wildman–Crippen LogP) is 3.32. The summed E-state index contributed by atoms with van der Waals surface area (Å²) in [6.07, 6.45) is 0. The molecule has 1 amide bonds. The number of carbonyl (C=O) groups excluding carboxylic acids is 1. The Morgan fingerprint density at radius 3 is 2.79 bits per heavy atom. The van der Waals surface area contributed by atoms with E-state index in [1.54, 1.807) is 30.2 Å². The van der Waals surface area contributed by atoms with Crippen LogP contribution in [0.25, 0.3) is 0 Å². The first-order valence-corrected chi connectivity index (χ1v) is 8.42. The summed E-state index contributed by atoms with van der Waals surface area (Å²) in [5.41, 5.74) is 2.80. The molecular formula is C17H18N4O2S. The lowest BCUT2D eigenvalue weighted by atomic mass is 10.1. The van der Waals surface area contributed by atoms with Gasteiger partial charge in [0.25, 0.3) is 5.91 Å². The van der Waals surface area contributed by atoms with E-state index in [2.05, 4.69) is 26.3 Å². The molecule has 3 aromatic rings. The van der Waals surface area contributed by atoms with Crippen LogP contribution in [0, 0.1) is 6.92 Å². The maximum Gasteiger partial charge on any atom is 0.256 e. The Hall–Kier alpha value is -2.67. The number of aryl methyl sites for hydroxylation is 1. The molecule has 124 valence electrons. The largest absolute Gasteiger partial charge is 0.380 e. The van der Waals surface area contributed by atoms with Gasteiger partial charge in [0.05, 0.1) is 12.1 Å². The number of hydrogen-bond acceptors (Lipinski definition) is 6. The quantitative estimate of drug-likeness (QED) is 0.744. The molecule has 2 heterocycles. The summed E-state index contributed by atoms with van der Waals surface area (Å²) < 4.78 is 4.69. The second-order valence-electron chi connectivity index (χ2n) is 5.44. The molecule has 0 aliphatic heterocycles. The van der Waals surface area contributed by atoms with E-state index in [4.69, 9.17) is 0 Å². The molecule has 6 nitrogen and oxygen atoms in total. The van der Waals surface area contributed by atoms with Crippen molar-refractivity contribution in [2.45, 2.75) is 20.0 Å². The molecule has 0 unspecified atom stereocenters. The first-order valence-electron chi connectivity index (χ1n) is 7.54. The van der Waals surface area contributed by atoms with Gasteiger partial charge in [-0.05, 0) is 30.5 Å². The van der Waals surface area contributed by atoms with Crippen molar-refractivity contribution in [3.05, 3.63) is 63.6 Å². The van der Waals surface area contributed by atoms with Crippen LogP contribution in [0.4, 0.5) is 5.69 Å². The average molecular weight is 342 g/mol. The fourth-order valence-corrected chi connectivity index (χ4v) is 2.96. The van der Waals surface area contributed by atoms with Gasteiger partial charge in [-0.2, -0.15) is 0 Å². The third-order valence-electron chi connectivity index (χ3n) is 3.67. The van der Waals surface area contributed by atoms with E-state index in [9.17, 15) is 4.79 Å². The number of aromatic nitrogens is 2. The summed E-state index contributed by atoms with van der Waals surface area (Å²) in [4.78, 5) is 15.6. The van der Waals surface area contributed by atoms with Crippen molar-refractivity contribution in [3.8, 4) is 0 Å². The van der Waals surface area contributed by atoms with Gasteiger partial charge in [0.2, 0.25) is 0 Å². The highest BCUT2D eigenvalue weighted by atomic mass is 32.1. The number of nitrogens with one attached hydrogen (secondary N) is 1. The zero-order chi connectivity index (χ0) is 16.9. The lowest BCUT2D eigenvalue weighted by Gasteiger charge is -2.18. The lowest BCUT2D eigenvalue weighted by molar-refractivity contribution is 0.0782. The summed E-state index contributed by atoms with van der Waals surface area (Å²) in [7, 11) is 1.74. The average Bonchev–Trinajstić information content (AvgIpc) is 3.25. The number of hydrogen-bond donors (Lipinski definition) is 1. The Morgan fingerprint density at radius 1 is 1.25 bits per heavy atom. The first kappa shape index (κ1) is 16.2. The summed E-state index contributed by atoms with van der Waals surface area (Å²) in [6.45, 7) is 2.85. The van der Waals surface area contributed by atoms with Crippen LogP contribution in [0.1, 0.15) is 26.6 Å². The molecule has 0 aliphatic rings. The predicted molar refractivity (Wildman–Crippen MR) is 92.9 cm³/mol. The van der Waals surface area contributed by atoms with Crippen molar-refractivity contribution in [2.24, 2.45) is 0 Å². The molecule has 1 N–H and O–H groups in total. The van der Waals surface area contributed by atoms with Crippen molar-refractivity contribution >= 4 is 22.9 Å². The van der Waals surface area contributed by atoms with Crippen LogP contribution >= 0.6 is 11.3 Å². The Kier molecular flexibility index (Phi) is 4.90. The van der Waals surface area contributed by atoms with Gasteiger partial charge >= 0.3 is 0 Å². The Morgan fingerprint density at radius 2 is 2.08 bits per heavy atom. The highest BCUT2D eigenvalue weighted by Crippen LogP contribution is 2.20. The smallest absolute Gasteiger partial charge is 0.256 e. The normalized spacial score (nSPS) is 10.6. The van der Waals surface area contributed by atoms with Gasteiger partial charge in [0.15, 0.2) is 0 Å². The monoisotopic (exact) mass is 342 g/mol. The van der Waals surface area contributed by atoms with Crippen molar-refractivity contribution < 1.29 is 9.42 Å². The van der Waals surface area contributed by atoms with Gasteiger partial charge in [-0.3, -0.25) is 4.79 Å². The second kappa shape index (κ2) is 7.27. The minimum Gasteiger partial charge on any atom is -0.380 e. The highest BCUT2D eigenvalue weighted by Gasteiger charge is 2.18. The van der Waals surface area contributed by atoms with Gasteiger partial charge in [-0.1, -0.05) is 28.5 Å². The van der Waals surface area contributed by atoms with Gasteiger partial charge < -0.3 is 10.2 Å². The van der Waals surface area contributed by atoms with E-state index in [0.717, 1.165) is 5.69 Å². The zero-order valence-electron chi connectivity index (χ0n) is 13.5. The topological polar surface area (TPSA) is 71.3 Å². The number of nitrogens with zero attached hydrogens (tertiary/aromatic N) is 3. The van der Waals surface area contributed by atoms with E-state index in [-0.39, 0.29) is 5.91 Å². The van der Waals surface area contributed by atoms with Crippen LogP contribution in [0.5, 0.6) is 0 Å². The molecular weight excluding hydrogens is 324 g/mol. The number of para-hydroxylation sites is 1. The summed E-state index contributed by atoms with van der Waals surface area (Å²) in [5.74, 6) is -0.0771. The second-order valence-corrected chi connectivity index (χ2v) is 6.47. The number of anilines is 1. The number of carbonyl (C=O) groups is 1. The minimum atomic E-state index is -0.0771. The molecule has 0 atom stereocenters. The van der Waals surface area contributed by atoms with Crippen LogP contribution in [-0.4, -0.2) is 28.2 Å². The molecule has 0 saturated heterocycles. The zero-order valence-corrected chi connectivity index (χ0v) is 14.3.